The fourth-order valence-corrected chi connectivity index (χ4v) is 3.25. The largest absolute Gasteiger partial charge is 0.491 e. The molecule has 2 aliphatic heterocycles. The van der Waals surface area contributed by atoms with Crippen molar-refractivity contribution in [2.24, 2.45) is 5.73 Å². The van der Waals surface area contributed by atoms with E-state index < -0.39 is 17.5 Å². The average Bonchev–Trinajstić information content (AvgIpc) is 3.01. The molecule has 5 rings (SSSR count). The Kier molecular flexibility index (Phi) is 7.62. The van der Waals surface area contributed by atoms with Gasteiger partial charge in [-0.1, -0.05) is 11.8 Å². The molecule has 4 heterocycles. The number of benzene rings is 1. The van der Waals surface area contributed by atoms with Crippen molar-refractivity contribution in [3.63, 3.8) is 0 Å². The average molecular weight is 506 g/mol. The molecule has 1 saturated heterocycles. The first kappa shape index (κ1) is 25.6. The van der Waals surface area contributed by atoms with E-state index in [9.17, 15) is 19.1 Å². The molecule has 190 valence electrons. The lowest BCUT2D eigenvalue weighted by molar-refractivity contribution is -0.140. The van der Waals surface area contributed by atoms with Crippen LogP contribution in [0.4, 0.5) is 10.1 Å². The number of carbonyl (C=O) groups excluding carboxylic acids is 2. The number of fused-ring (bicyclic) bond motifs is 1. The lowest BCUT2D eigenvalue weighted by atomic mass is 10.0. The van der Waals surface area contributed by atoms with Gasteiger partial charge in [-0.2, -0.15) is 4.39 Å². The Labute approximate surface area is 211 Å². The molecule has 2 aromatic heterocycles. The van der Waals surface area contributed by atoms with Crippen LogP contribution in [0.2, 0.25) is 0 Å². The quantitative estimate of drug-likeness (QED) is 0.407. The minimum Gasteiger partial charge on any atom is -0.491 e. The zero-order valence-electron chi connectivity index (χ0n) is 19.8. The van der Waals surface area contributed by atoms with Gasteiger partial charge in [-0.25, -0.2) is 4.98 Å². The molecular weight excluding hydrogens is 483 g/mol. The maximum absolute atomic E-state index is 12.6. The fourth-order valence-electron chi connectivity index (χ4n) is 3.25. The molecule has 3 aromatic rings. The molecule has 0 aliphatic carbocycles. The Morgan fingerprint density at radius 2 is 2.00 bits per heavy atom. The number of aromatic nitrogens is 2. The van der Waals surface area contributed by atoms with Crippen LogP contribution in [0.3, 0.4) is 0 Å². The molecular formula is C26H23FN4O6. The smallest absolute Gasteiger partial charge is 0.267 e. The third-order valence-corrected chi connectivity index (χ3v) is 5.31. The summed E-state index contributed by atoms with van der Waals surface area (Å²) in [5, 5.41) is 9.86. The van der Waals surface area contributed by atoms with Crippen molar-refractivity contribution >= 4 is 17.5 Å². The van der Waals surface area contributed by atoms with E-state index >= 15 is 0 Å². The molecule has 37 heavy (non-hydrogen) atoms. The monoisotopic (exact) mass is 506 g/mol. The SMILES string of the molecule is CN1C(=O)CCOc2ccc(C#CC3(O)COC3)cc21.NC(=O)c1cc(Oc2ccc(F)nc2)ccn1. The molecule has 0 atom stereocenters. The van der Waals surface area contributed by atoms with Crippen LogP contribution in [0.1, 0.15) is 22.5 Å². The summed E-state index contributed by atoms with van der Waals surface area (Å²) in [5.41, 5.74) is 5.57. The van der Waals surface area contributed by atoms with Crippen molar-refractivity contribution in [1.82, 2.24) is 9.97 Å². The van der Waals surface area contributed by atoms with Gasteiger partial charge in [0, 0.05) is 24.9 Å². The lowest BCUT2D eigenvalue weighted by Crippen LogP contribution is -2.48. The number of carbonyl (C=O) groups is 2. The molecule has 2 amide bonds. The predicted molar refractivity (Wildman–Crippen MR) is 130 cm³/mol. The van der Waals surface area contributed by atoms with Crippen LogP contribution >= 0.6 is 0 Å². The van der Waals surface area contributed by atoms with Crippen LogP contribution < -0.4 is 20.1 Å². The van der Waals surface area contributed by atoms with Crippen molar-refractivity contribution in [2.75, 3.05) is 31.8 Å². The Morgan fingerprint density at radius 1 is 1.19 bits per heavy atom. The second kappa shape index (κ2) is 11.0. The normalized spacial score (nSPS) is 15.3. The minimum atomic E-state index is -1.04. The first-order valence-corrected chi connectivity index (χ1v) is 11.1. The van der Waals surface area contributed by atoms with E-state index in [0.29, 0.717) is 36.0 Å². The van der Waals surface area contributed by atoms with Gasteiger partial charge in [0.05, 0.1) is 38.1 Å². The highest BCUT2D eigenvalue weighted by Crippen LogP contribution is 2.31. The number of rotatable bonds is 3. The standard InChI is InChI=1S/C15H15NO4.C11H8FN3O2/c1-16-12-8-11(4-6-15(18)9-19-10-15)2-3-13(12)20-7-5-14(16)17;12-10-2-1-8(6-15-10)17-7-3-4-14-9(5-7)11(13)16/h2-3,8,18H,5,7,9-10H2,1H3;1-6H,(H2,13,16). The topological polar surface area (TPSA) is 137 Å². The number of aliphatic hydroxyl groups is 1. The first-order chi connectivity index (χ1) is 17.7. The predicted octanol–water partition coefficient (Wildman–Crippen LogP) is 2.05. The summed E-state index contributed by atoms with van der Waals surface area (Å²) in [4.78, 5) is 31.5. The summed E-state index contributed by atoms with van der Waals surface area (Å²) in [6, 6.07) is 11.0. The molecule has 0 bridgehead atoms. The lowest BCUT2D eigenvalue weighted by Gasteiger charge is -2.30. The number of pyridine rings is 2. The van der Waals surface area contributed by atoms with E-state index in [1.165, 1.54) is 30.6 Å². The zero-order valence-corrected chi connectivity index (χ0v) is 19.8. The summed E-state index contributed by atoms with van der Waals surface area (Å²) in [5.74, 6) is 5.90. The third kappa shape index (κ3) is 6.58. The van der Waals surface area contributed by atoms with Crippen LogP contribution in [0.15, 0.2) is 54.9 Å². The number of primary amides is 1. The van der Waals surface area contributed by atoms with Gasteiger partial charge in [-0.3, -0.25) is 14.6 Å². The van der Waals surface area contributed by atoms with Crippen LogP contribution in [0.5, 0.6) is 17.2 Å². The number of hydrogen-bond acceptors (Lipinski definition) is 8. The summed E-state index contributed by atoms with van der Waals surface area (Å²) < 4.78 is 28.4. The van der Waals surface area contributed by atoms with E-state index in [0.717, 1.165) is 5.56 Å². The van der Waals surface area contributed by atoms with Gasteiger partial charge in [0.1, 0.15) is 22.9 Å². The number of nitrogens with zero attached hydrogens (tertiary/aromatic N) is 3. The van der Waals surface area contributed by atoms with Crippen molar-refractivity contribution in [2.45, 2.75) is 12.0 Å². The summed E-state index contributed by atoms with van der Waals surface area (Å²) in [7, 11) is 1.72. The maximum Gasteiger partial charge on any atom is 0.267 e. The van der Waals surface area contributed by atoms with E-state index in [1.54, 1.807) is 30.1 Å². The highest BCUT2D eigenvalue weighted by molar-refractivity contribution is 5.95. The van der Waals surface area contributed by atoms with Gasteiger partial charge < -0.3 is 30.0 Å². The fraction of sp³-hybridized carbons (Fsp3) is 0.231. The number of amides is 2. The van der Waals surface area contributed by atoms with Crippen molar-refractivity contribution in [1.29, 1.82) is 0 Å². The van der Waals surface area contributed by atoms with E-state index in [4.69, 9.17) is 19.9 Å². The Balaban J connectivity index is 0.000000176. The van der Waals surface area contributed by atoms with Crippen LogP contribution in [-0.2, 0) is 9.53 Å². The number of anilines is 1. The van der Waals surface area contributed by atoms with Gasteiger partial charge in [0.2, 0.25) is 11.9 Å². The van der Waals surface area contributed by atoms with Gasteiger partial charge in [0.15, 0.2) is 5.60 Å². The minimum absolute atomic E-state index is 0.0138. The Hall–Kier alpha value is -4.53. The highest BCUT2D eigenvalue weighted by atomic mass is 19.1. The van der Waals surface area contributed by atoms with Crippen LogP contribution in [0.25, 0.3) is 0 Å². The summed E-state index contributed by atoms with van der Waals surface area (Å²) >= 11 is 0. The van der Waals surface area contributed by atoms with E-state index in [2.05, 4.69) is 21.8 Å². The first-order valence-electron chi connectivity index (χ1n) is 11.1. The molecule has 11 heteroatoms. The molecule has 1 fully saturated rings. The number of hydrogen-bond donors (Lipinski definition) is 2. The summed E-state index contributed by atoms with van der Waals surface area (Å²) in [6.07, 6.45) is 3.00. The van der Waals surface area contributed by atoms with Gasteiger partial charge >= 0.3 is 0 Å². The second-order valence-electron chi connectivity index (χ2n) is 8.17. The molecule has 0 radical (unpaired) electrons. The van der Waals surface area contributed by atoms with Crippen LogP contribution in [0, 0.1) is 17.8 Å². The molecule has 1 aromatic carbocycles. The van der Waals surface area contributed by atoms with E-state index in [-0.39, 0.29) is 24.8 Å². The molecule has 0 spiro atoms. The van der Waals surface area contributed by atoms with Gasteiger partial charge in [-0.05, 0) is 36.4 Å². The third-order valence-electron chi connectivity index (χ3n) is 5.31. The molecule has 2 aliphatic rings. The van der Waals surface area contributed by atoms with Crippen molar-refractivity contribution in [3.05, 3.63) is 72.1 Å². The Morgan fingerprint density at radius 3 is 2.68 bits per heavy atom. The van der Waals surface area contributed by atoms with Crippen molar-refractivity contribution < 1.29 is 33.3 Å². The second-order valence-corrected chi connectivity index (χ2v) is 8.17. The Bertz CT molecular complexity index is 1370. The summed E-state index contributed by atoms with van der Waals surface area (Å²) in [6.45, 7) is 0.872. The number of halogens is 1. The van der Waals surface area contributed by atoms with Gasteiger partial charge in [0.25, 0.3) is 5.91 Å². The van der Waals surface area contributed by atoms with Gasteiger partial charge in [-0.15, -0.1) is 0 Å². The maximum atomic E-state index is 12.6. The highest BCUT2D eigenvalue weighted by Gasteiger charge is 2.33. The number of ether oxygens (including phenoxy) is 3. The van der Waals surface area contributed by atoms with Crippen molar-refractivity contribution in [3.8, 4) is 29.1 Å². The molecule has 10 nitrogen and oxygen atoms in total. The molecule has 0 unspecified atom stereocenters. The van der Waals surface area contributed by atoms with Crippen LogP contribution in [-0.4, -0.2) is 59.4 Å². The molecule has 3 N–H and O–H groups in total. The van der Waals surface area contributed by atoms with E-state index in [1.807, 2.05) is 6.07 Å². The zero-order chi connectivity index (χ0) is 26.4. The molecule has 0 saturated carbocycles. The number of nitrogens with two attached hydrogens (primary N) is 1.